The third kappa shape index (κ3) is 4.91. The molecule has 0 aromatic carbocycles. The molecule has 0 fully saturated rings. The van der Waals surface area contributed by atoms with Crippen LogP contribution in [-0.4, -0.2) is 26.6 Å². The Morgan fingerprint density at radius 1 is 1.43 bits per heavy atom. The van der Waals surface area contributed by atoms with E-state index in [0.717, 1.165) is 3.58 Å². The Morgan fingerprint density at radius 3 is 2.29 bits per heavy atom. The Morgan fingerprint density at radius 2 is 1.93 bits per heavy atom. The van der Waals surface area contributed by atoms with Crippen molar-refractivity contribution in [3.63, 3.8) is 0 Å². The van der Waals surface area contributed by atoms with E-state index < -0.39 is 8.32 Å². The van der Waals surface area contributed by atoms with Gasteiger partial charge in [0.15, 0.2) is 8.32 Å². The van der Waals surface area contributed by atoms with Crippen LogP contribution >= 0.6 is 22.6 Å². The third-order valence-electron chi connectivity index (χ3n) is 2.71. The van der Waals surface area contributed by atoms with Crippen LogP contribution in [0.25, 0.3) is 0 Å². The van der Waals surface area contributed by atoms with Crippen LogP contribution < -0.4 is 0 Å². The van der Waals surface area contributed by atoms with E-state index in [1.165, 1.54) is 0 Å². The van der Waals surface area contributed by atoms with Gasteiger partial charge >= 0.3 is 0 Å². The van der Waals surface area contributed by atoms with Crippen molar-refractivity contribution in [3.8, 4) is 0 Å². The summed E-state index contributed by atoms with van der Waals surface area (Å²) in [6.07, 6.45) is 1.95. The molecule has 14 heavy (non-hydrogen) atoms. The molecule has 84 valence electrons. The van der Waals surface area contributed by atoms with E-state index in [2.05, 4.69) is 56.5 Å². The molecule has 2 nitrogen and oxygen atoms in total. The molecular formula is C10H21IO2Si. The maximum absolute atomic E-state index is 8.80. The predicted octanol–water partition coefficient (Wildman–Crippen LogP) is 3.32. The minimum Gasteiger partial charge on any atom is -0.413 e. The fourth-order valence-corrected chi connectivity index (χ4v) is 1.73. The highest BCUT2D eigenvalue weighted by Gasteiger charge is 2.36. The van der Waals surface area contributed by atoms with Gasteiger partial charge in [0.1, 0.15) is 0 Å². The van der Waals surface area contributed by atoms with Gasteiger partial charge in [-0.15, -0.1) is 0 Å². The third-order valence-corrected chi connectivity index (χ3v) is 7.99. The van der Waals surface area contributed by atoms with Gasteiger partial charge in [0.2, 0.25) is 0 Å². The first-order valence-electron chi connectivity index (χ1n) is 4.80. The summed E-state index contributed by atoms with van der Waals surface area (Å²) in [4.78, 5) is 0. The first-order chi connectivity index (χ1) is 6.20. The zero-order valence-electron chi connectivity index (χ0n) is 9.72. The van der Waals surface area contributed by atoms with Crippen LogP contribution in [0.4, 0.5) is 0 Å². The lowest BCUT2D eigenvalue weighted by molar-refractivity contribution is 0.320. The number of halogens is 1. The quantitative estimate of drug-likeness (QED) is 0.634. The van der Waals surface area contributed by atoms with Crippen LogP contribution in [-0.2, 0) is 4.43 Å². The van der Waals surface area contributed by atoms with E-state index in [9.17, 15) is 0 Å². The van der Waals surface area contributed by atoms with Crippen LogP contribution in [0, 0.1) is 0 Å². The summed E-state index contributed by atoms with van der Waals surface area (Å²) in [7, 11) is -1.61. The van der Waals surface area contributed by atoms with Crippen molar-refractivity contribution >= 4 is 30.9 Å². The summed E-state index contributed by atoms with van der Waals surface area (Å²) in [5.74, 6) is 0. The van der Waals surface area contributed by atoms with Crippen LogP contribution in [0.2, 0.25) is 18.1 Å². The average Bonchev–Trinajstić information content (AvgIpc) is 2.01. The molecule has 0 aliphatic carbocycles. The van der Waals surface area contributed by atoms with Crippen molar-refractivity contribution in [2.24, 2.45) is 0 Å². The molecule has 0 atom stereocenters. The first-order valence-corrected chi connectivity index (χ1v) is 8.79. The van der Waals surface area contributed by atoms with E-state index in [1.54, 1.807) is 0 Å². The van der Waals surface area contributed by atoms with Gasteiger partial charge in [-0.05, 0) is 46.8 Å². The molecule has 0 aromatic heterocycles. The highest BCUT2D eigenvalue weighted by atomic mass is 127. The molecule has 0 aromatic rings. The van der Waals surface area contributed by atoms with Crippen molar-refractivity contribution in [3.05, 3.63) is 9.66 Å². The molecule has 0 bridgehead atoms. The smallest absolute Gasteiger partial charge is 0.192 e. The van der Waals surface area contributed by atoms with Crippen molar-refractivity contribution in [1.82, 2.24) is 0 Å². The number of hydrogen-bond donors (Lipinski definition) is 1. The standard InChI is InChI=1S/C10H21IO2Si/c1-10(2,3)14(4,5)13-7-6-9(11)8-12/h6,12H,7-8H2,1-5H3/b9-6-. The normalized spacial score (nSPS) is 14.6. The molecule has 0 heterocycles. The molecule has 0 aliphatic heterocycles. The van der Waals surface area contributed by atoms with Crippen LogP contribution in [0.1, 0.15) is 20.8 Å². The van der Waals surface area contributed by atoms with E-state index in [4.69, 9.17) is 9.53 Å². The second-order valence-electron chi connectivity index (χ2n) is 4.88. The second-order valence-corrected chi connectivity index (χ2v) is 11.1. The van der Waals surface area contributed by atoms with Gasteiger partial charge < -0.3 is 9.53 Å². The number of hydrogen-bond acceptors (Lipinski definition) is 2. The molecule has 0 aliphatic rings. The molecule has 0 unspecified atom stereocenters. The molecule has 0 spiro atoms. The van der Waals surface area contributed by atoms with Crippen LogP contribution in [0.5, 0.6) is 0 Å². The molecule has 0 amide bonds. The van der Waals surface area contributed by atoms with Gasteiger partial charge in [-0.25, -0.2) is 0 Å². The summed E-state index contributed by atoms with van der Waals surface area (Å²) in [5.41, 5.74) is 0. The molecule has 0 saturated carbocycles. The van der Waals surface area contributed by atoms with Gasteiger partial charge in [-0.1, -0.05) is 20.8 Å². The van der Waals surface area contributed by atoms with Gasteiger partial charge in [-0.2, -0.15) is 0 Å². The van der Waals surface area contributed by atoms with Crippen LogP contribution in [0.15, 0.2) is 9.66 Å². The summed E-state index contributed by atoms with van der Waals surface area (Å²) < 4.78 is 6.86. The van der Waals surface area contributed by atoms with E-state index >= 15 is 0 Å². The Balaban J connectivity index is 4.14. The lowest BCUT2D eigenvalue weighted by Crippen LogP contribution is -2.40. The van der Waals surface area contributed by atoms with E-state index in [1.807, 2.05) is 6.08 Å². The van der Waals surface area contributed by atoms with E-state index in [0.29, 0.717) is 6.61 Å². The number of rotatable bonds is 4. The van der Waals surface area contributed by atoms with Crippen LogP contribution in [0.3, 0.4) is 0 Å². The Bertz CT molecular complexity index is 207. The minimum atomic E-state index is -1.61. The molecule has 1 N–H and O–H groups in total. The maximum atomic E-state index is 8.80. The van der Waals surface area contributed by atoms with Crippen molar-refractivity contribution in [1.29, 1.82) is 0 Å². The van der Waals surface area contributed by atoms with Gasteiger partial charge in [0, 0.05) is 3.58 Å². The Hall–Kier alpha value is 0.607. The number of aliphatic hydroxyl groups is 1. The van der Waals surface area contributed by atoms with Gasteiger partial charge in [0.05, 0.1) is 13.2 Å². The van der Waals surface area contributed by atoms with Crippen molar-refractivity contribution in [2.75, 3.05) is 13.2 Å². The lowest BCUT2D eigenvalue weighted by Gasteiger charge is -2.35. The fourth-order valence-electron chi connectivity index (χ4n) is 0.621. The Kier molecular flexibility index (Phi) is 5.87. The summed E-state index contributed by atoms with van der Waals surface area (Å²) in [6, 6.07) is 0. The summed E-state index contributed by atoms with van der Waals surface area (Å²) >= 11 is 2.12. The highest BCUT2D eigenvalue weighted by molar-refractivity contribution is 14.1. The molecule has 0 saturated heterocycles. The first kappa shape index (κ1) is 14.6. The number of aliphatic hydroxyl groups excluding tert-OH is 1. The van der Waals surface area contributed by atoms with Crippen molar-refractivity contribution < 1.29 is 9.53 Å². The molecule has 4 heteroatoms. The Labute approximate surface area is 102 Å². The largest absolute Gasteiger partial charge is 0.413 e. The molecular weight excluding hydrogens is 307 g/mol. The van der Waals surface area contributed by atoms with Crippen molar-refractivity contribution in [2.45, 2.75) is 38.9 Å². The molecule has 0 rings (SSSR count). The SMILES string of the molecule is CC(C)(C)[Si](C)(C)OC/C=C(\I)CO. The highest BCUT2D eigenvalue weighted by Crippen LogP contribution is 2.36. The zero-order chi connectivity index (χ0) is 11.4. The summed E-state index contributed by atoms with van der Waals surface area (Å²) in [5, 5.41) is 9.06. The maximum Gasteiger partial charge on any atom is 0.192 e. The average molecular weight is 328 g/mol. The lowest BCUT2D eigenvalue weighted by atomic mass is 10.2. The van der Waals surface area contributed by atoms with Gasteiger partial charge in [-0.3, -0.25) is 0 Å². The van der Waals surface area contributed by atoms with Gasteiger partial charge in [0.25, 0.3) is 0 Å². The molecule has 0 radical (unpaired) electrons. The zero-order valence-corrected chi connectivity index (χ0v) is 12.9. The second kappa shape index (κ2) is 5.63. The minimum absolute atomic E-state index is 0.113. The monoisotopic (exact) mass is 328 g/mol. The predicted molar refractivity (Wildman–Crippen MR) is 72.3 cm³/mol. The topological polar surface area (TPSA) is 29.5 Å². The summed E-state index contributed by atoms with van der Waals surface area (Å²) in [6.45, 7) is 11.9. The fraction of sp³-hybridized carbons (Fsp3) is 0.800. The van der Waals surface area contributed by atoms with E-state index in [-0.39, 0.29) is 11.6 Å².